The van der Waals surface area contributed by atoms with E-state index in [4.69, 9.17) is 4.74 Å². The topological polar surface area (TPSA) is 39.4 Å². The Morgan fingerprint density at radius 1 is 0.955 bits per heavy atom. The quantitative estimate of drug-likeness (QED) is 0.552. The molecule has 4 rings (SSSR count). The molecule has 0 aliphatic heterocycles. The zero-order chi connectivity index (χ0) is 15.1. The summed E-state index contributed by atoms with van der Waals surface area (Å²) in [5, 5.41) is 5.45. The van der Waals surface area contributed by atoms with Gasteiger partial charge >= 0.3 is 0 Å². The molecule has 2 aromatic heterocycles. The highest BCUT2D eigenvalue weighted by Crippen LogP contribution is 2.29. The molecule has 4 nitrogen and oxygen atoms in total. The molecular formula is C18H15N3O. The lowest BCUT2D eigenvalue weighted by Gasteiger charge is -2.09. The van der Waals surface area contributed by atoms with Crippen LogP contribution < -0.4 is 4.74 Å². The highest BCUT2D eigenvalue weighted by atomic mass is 16.5. The SMILES string of the molecule is Cc1cccc(Oc2nc3cc(C)nn3c3ccccc23)c1. The average Bonchev–Trinajstić information content (AvgIpc) is 2.88. The Morgan fingerprint density at radius 3 is 2.68 bits per heavy atom. The van der Waals surface area contributed by atoms with E-state index in [0.717, 1.165) is 33.6 Å². The van der Waals surface area contributed by atoms with Crippen LogP contribution in [0.1, 0.15) is 11.3 Å². The van der Waals surface area contributed by atoms with E-state index >= 15 is 0 Å². The van der Waals surface area contributed by atoms with Gasteiger partial charge in [-0.2, -0.15) is 10.1 Å². The van der Waals surface area contributed by atoms with Gasteiger partial charge in [-0.3, -0.25) is 0 Å². The molecule has 0 atom stereocenters. The number of ether oxygens (including phenoxy) is 1. The first-order chi connectivity index (χ1) is 10.7. The molecule has 0 bridgehead atoms. The van der Waals surface area contributed by atoms with Gasteiger partial charge in [-0.05, 0) is 43.7 Å². The molecule has 4 aromatic rings. The summed E-state index contributed by atoms with van der Waals surface area (Å²) in [6, 6.07) is 17.9. The lowest BCUT2D eigenvalue weighted by Crippen LogP contribution is -1.97. The Morgan fingerprint density at radius 2 is 1.82 bits per heavy atom. The third-order valence-electron chi connectivity index (χ3n) is 3.60. The van der Waals surface area contributed by atoms with E-state index in [-0.39, 0.29) is 0 Å². The summed E-state index contributed by atoms with van der Waals surface area (Å²) in [5.74, 6) is 1.40. The molecule has 22 heavy (non-hydrogen) atoms. The van der Waals surface area contributed by atoms with Crippen molar-refractivity contribution in [1.82, 2.24) is 14.6 Å². The van der Waals surface area contributed by atoms with Crippen molar-refractivity contribution in [3.63, 3.8) is 0 Å². The van der Waals surface area contributed by atoms with E-state index in [1.807, 2.05) is 73.0 Å². The number of fused-ring (bicyclic) bond motifs is 3. The number of hydrogen-bond acceptors (Lipinski definition) is 3. The Balaban J connectivity index is 1.95. The van der Waals surface area contributed by atoms with Crippen LogP contribution in [-0.2, 0) is 0 Å². The van der Waals surface area contributed by atoms with Crippen molar-refractivity contribution >= 4 is 16.6 Å². The Hall–Kier alpha value is -2.88. The second-order valence-corrected chi connectivity index (χ2v) is 5.41. The molecule has 0 fully saturated rings. The van der Waals surface area contributed by atoms with Crippen LogP contribution in [0.3, 0.4) is 0 Å². The van der Waals surface area contributed by atoms with Gasteiger partial charge in [-0.25, -0.2) is 4.52 Å². The van der Waals surface area contributed by atoms with Crippen molar-refractivity contribution in [2.75, 3.05) is 0 Å². The fourth-order valence-corrected chi connectivity index (χ4v) is 2.61. The van der Waals surface area contributed by atoms with Crippen LogP contribution in [0, 0.1) is 13.8 Å². The predicted molar refractivity (Wildman–Crippen MR) is 86.5 cm³/mol. The number of aromatic nitrogens is 3. The fourth-order valence-electron chi connectivity index (χ4n) is 2.61. The van der Waals surface area contributed by atoms with Crippen LogP contribution >= 0.6 is 0 Å². The first-order valence-electron chi connectivity index (χ1n) is 7.20. The lowest BCUT2D eigenvalue weighted by molar-refractivity contribution is 0.469. The van der Waals surface area contributed by atoms with Crippen molar-refractivity contribution in [2.24, 2.45) is 0 Å². The maximum absolute atomic E-state index is 6.04. The zero-order valence-corrected chi connectivity index (χ0v) is 12.4. The van der Waals surface area contributed by atoms with Crippen LogP contribution in [0.4, 0.5) is 0 Å². The van der Waals surface area contributed by atoms with Gasteiger partial charge in [0.25, 0.3) is 0 Å². The zero-order valence-electron chi connectivity index (χ0n) is 12.4. The minimum Gasteiger partial charge on any atom is -0.438 e. The van der Waals surface area contributed by atoms with Gasteiger partial charge in [-0.15, -0.1) is 0 Å². The maximum atomic E-state index is 6.04. The molecule has 0 N–H and O–H groups in total. The van der Waals surface area contributed by atoms with Gasteiger partial charge in [0.2, 0.25) is 5.88 Å². The second kappa shape index (κ2) is 4.84. The number of benzene rings is 2. The van der Waals surface area contributed by atoms with Gasteiger partial charge in [0.1, 0.15) is 5.75 Å². The molecule has 0 unspecified atom stereocenters. The second-order valence-electron chi connectivity index (χ2n) is 5.41. The Kier molecular flexibility index (Phi) is 2.82. The van der Waals surface area contributed by atoms with Gasteiger partial charge in [0.15, 0.2) is 5.65 Å². The third kappa shape index (κ3) is 2.09. The molecule has 2 heterocycles. The summed E-state index contributed by atoms with van der Waals surface area (Å²) in [6.07, 6.45) is 0. The number of rotatable bonds is 2. The van der Waals surface area contributed by atoms with E-state index in [2.05, 4.69) is 10.1 Å². The first-order valence-corrected chi connectivity index (χ1v) is 7.20. The van der Waals surface area contributed by atoms with Gasteiger partial charge < -0.3 is 4.74 Å². The molecule has 0 spiro atoms. The lowest BCUT2D eigenvalue weighted by atomic mass is 10.2. The summed E-state index contributed by atoms with van der Waals surface area (Å²) < 4.78 is 7.89. The molecule has 0 saturated carbocycles. The molecule has 0 saturated heterocycles. The molecule has 4 heteroatoms. The summed E-state index contributed by atoms with van der Waals surface area (Å²) in [5.41, 5.74) is 3.87. The van der Waals surface area contributed by atoms with E-state index < -0.39 is 0 Å². The summed E-state index contributed by atoms with van der Waals surface area (Å²) in [7, 11) is 0. The van der Waals surface area contributed by atoms with Gasteiger partial charge in [-0.1, -0.05) is 24.3 Å². The molecule has 0 aliphatic carbocycles. The largest absolute Gasteiger partial charge is 0.438 e. The van der Waals surface area contributed by atoms with Crippen LogP contribution in [0.5, 0.6) is 11.6 Å². The van der Waals surface area contributed by atoms with Crippen molar-refractivity contribution in [2.45, 2.75) is 13.8 Å². The molecule has 0 radical (unpaired) electrons. The first kappa shape index (κ1) is 12.8. The van der Waals surface area contributed by atoms with Crippen LogP contribution in [0.2, 0.25) is 0 Å². The molecule has 0 amide bonds. The third-order valence-corrected chi connectivity index (χ3v) is 3.60. The Labute approximate surface area is 128 Å². The molecular weight excluding hydrogens is 274 g/mol. The average molecular weight is 289 g/mol. The smallest absolute Gasteiger partial charge is 0.230 e. The number of nitrogens with zero attached hydrogens (tertiary/aromatic N) is 3. The van der Waals surface area contributed by atoms with Crippen LogP contribution in [0.25, 0.3) is 16.6 Å². The highest BCUT2D eigenvalue weighted by molar-refractivity contribution is 5.86. The summed E-state index contributed by atoms with van der Waals surface area (Å²) >= 11 is 0. The van der Waals surface area contributed by atoms with Crippen molar-refractivity contribution < 1.29 is 4.74 Å². The number of para-hydroxylation sites is 1. The molecule has 0 aliphatic rings. The van der Waals surface area contributed by atoms with Crippen LogP contribution in [-0.4, -0.2) is 14.6 Å². The van der Waals surface area contributed by atoms with Crippen LogP contribution in [0.15, 0.2) is 54.6 Å². The van der Waals surface area contributed by atoms with Crippen molar-refractivity contribution in [3.05, 3.63) is 65.9 Å². The summed E-state index contributed by atoms with van der Waals surface area (Å²) in [6.45, 7) is 4.01. The number of hydrogen-bond donors (Lipinski definition) is 0. The standard InChI is InChI=1S/C18H15N3O/c1-12-6-5-7-14(10-12)22-18-15-8-3-4-9-16(15)21-17(19-18)11-13(2)20-21/h3-11H,1-2H3. The van der Waals surface area contributed by atoms with Gasteiger partial charge in [0.05, 0.1) is 16.6 Å². The Bertz CT molecular complexity index is 988. The highest BCUT2D eigenvalue weighted by Gasteiger charge is 2.11. The van der Waals surface area contributed by atoms with E-state index in [1.165, 1.54) is 0 Å². The number of aryl methyl sites for hydroxylation is 2. The minimum atomic E-state index is 0.605. The van der Waals surface area contributed by atoms with E-state index in [9.17, 15) is 0 Å². The van der Waals surface area contributed by atoms with Gasteiger partial charge in [0, 0.05) is 6.07 Å². The summed E-state index contributed by atoms with van der Waals surface area (Å²) in [4.78, 5) is 4.63. The van der Waals surface area contributed by atoms with E-state index in [0.29, 0.717) is 5.88 Å². The van der Waals surface area contributed by atoms with Crippen molar-refractivity contribution in [3.8, 4) is 11.6 Å². The molecule has 2 aromatic carbocycles. The van der Waals surface area contributed by atoms with Crippen molar-refractivity contribution in [1.29, 1.82) is 0 Å². The monoisotopic (exact) mass is 289 g/mol. The predicted octanol–water partition coefficient (Wildman–Crippen LogP) is 4.29. The minimum absolute atomic E-state index is 0.605. The van der Waals surface area contributed by atoms with E-state index in [1.54, 1.807) is 0 Å². The normalized spacial score (nSPS) is 11.2. The fraction of sp³-hybridized carbons (Fsp3) is 0.111. The maximum Gasteiger partial charge on any atom is 0.230 e. The molecule has 108 valence electrons.